The minimum atomic E-state index is -0.499. The molecule has 8 nitrogen and oxygen atoms in total. The Kier molecular flexibility index (Phi) is 8.15. The van der Waals surface area contributed by atoms with Crippen LogP contribution in [0.3, 0.4) is 0 Å². The van der Waals surface area contributed by atoms with Gasteiger partial charge >= 0.3 is 0 Å². The molecule has 2 aliphatic heterocycles. The van der Waals surface area contributed by atoms with Crippen LogP contribution < -0.4 is 14.2 Å². The lowest BCUT2D eigenvalue weighted by atomic mass is 10.1. The number of carbonyl (C=O) groups is 1. The minimum absolute atomic E-state index is 0.0320. The van der Waals surface area contributed by atoms with E-state index in [0.29, 0.717) is 46.9 Å². The molecule has 0 saturated carbocycles. The predicted octanol–water partition coefficient (Wildman–Crippen LogP) is 5.99. The quantitative estimate of drug-likeness (QED) is 0.291. The van der Waals surface area contributed by atoms with Crippen molar-refractivity contribution in [3.8, 4) is 17.2 Å². The SMILES string of the molecule is CCOc1cc(/C=C2\C(=N)N3N=C(CC)SC3=NC2=O)cc(Cl)c1OCCOc1ccc(Br)cc1. The molecule has 0 bridgehead atoms. The van der Waals surface area contributed by atoms with Crippen LogP contribution >= 0.6 is 39.3 Å². The Morgan fingerprint density at radius 1 is 1.14 bits per heavy atom. The number of ether oxygens (including phenoxy) is 3. The van der Waals surface area contributed by atoms with Crippen LogP contribution in [-0.4, -0.2) is 46.8 Å². The van der Waals surface area contributed by atoms with E-state index in [1.54, 1.807) is 18.2 Å². The fourth-order valence-corrected chi connectivity index (χ4v) is 4.61. The molecule has 0 spiro atoms. The van der Waals surface area contributed by atoms with E-state index >= 15 is 0 Å². The smallest absolute Gasteiger partial charge is 0.283 e. The molecule has 182 valence electrons. The van der Waals surface area contributed by atoms with Crippen LogP contribution in [0.1, 0.15) is 25.8 Å². The summed E-state index contributed by atoms with van der Waals surface area (Å²) in [6.07, 6.45) is 2.26. The van der Waals surface area contributed by atoms with Gasteiger partial charge in [0, 0.05) is 4.47 Å². The summed E-state index contributed by atoms with van der Waals surface area (Å²) in [6.45, 7) is 4.77. The number of nitrogens with one attached hydrogen (secondary N) is 1. The van der Waals surface area contributed by atoms with E-state index in [9.17, 15) is 4.79 Å². The van der Waals surface area contributed by atoms with E-state index < -0.39 is 5.91 Å². The number of rotatable bonds is 9. The van der Waals surface area contributed by atoms with Crippen LogP contribution in [0.15, 0.2) is 56.5 Å². The van der Waals surface area contributed by atoms with Crippen molar-refractivity contribution >= 4 is 67.3 Å². The van der Waals surface area contributed by atoms with Gasteiger partial charge in [0.05, 0.1) is 17.2 Å². The van der Waals surface area contributed by atoms with Crippen molar-refractivity contribution in [2.24, 2.45) is 10.1 Å². The summed E-state index contributed by atoms with van der Waals surface area (Å²) in [5.74, 6) is 1.01. The second-order valence-electron chi connectivity index (χ2n) is 7.28. The van der Waals surface area contributed by atoms with Crippen molar-refractivity contribution in [3.05, 3.63) is 57.0 Å². The number of amidine groups is 2. The van der Waals surface area contributed by atoms with Crippen LogP contribution in [0.25, 0.3) is 6.08 Å². The largest absolute Gasteiger partial charge is 0.490 e. The van der Waals surface area contributed by atoms with Gasteiger partial charge in [-0.25, -0.2) is 0 Å². The van der Waals surface area contributed by atoms with Crippen LogP contribution in [0.2, 0.25) is 5.02 Å². The Balaban J connectivity index is 1.51. The summed E-state index contributed by atoms with van der Waals surface area (Å²) < 4.78 is 18.3. The van der Waals surface area contributed by atoms with Gasteiger partial charge in [0.25, 0.3) is 5.91 Å². The lowest BCUT2D eigenvalue weighted by molar-refractivity contribution is -0.114. The second kappa shape index (κ2) is 11.3. The zero-order valence-electron chi connectivity index (χ0n) is 19.0. The van der Waals surface area contributed by atoms with E-state index in [0.717, 1.165) is 15.3 Å². The third-order valence-corrected chi connectivity index (χ3v) is 6.72. The summed E-state index contributed by atoms with van der Waals surface area (Å²) in [6, 6.07) is 10.9. The maximum atomic E-state index is 12.6. The highest BCUT2D eigenvalue weighted by atomic mass is 79.9. The zero-order valence-corrected chi connectivity index (χ0v) is 22.2. The fourth-order valence-electron chi connectivity index (χ4n) is 3.25. The second-order valence-corrected chi connectivity index (χ2v) is 9.64. The fraction of sp³-hybridized carbons (Fsp3) is 0.250. The van der Waals surface area contributed by atoms with E-state index in [1.807, 2.05) is 38.1 Å². The first-order valence-corrected chi connectivity index (χ1v) is 12.8. The summed E-state index contributed by atoms with van der Waals surface area (Å²) >= 11 is 11.2. The van der Waals surface area contributed by atoms with E-state index in [2.05, 4.69) is 26.0 Å². The number of aliphatic imine (C=N–C) groups is 1. The molecule has 35 heavy (non-hydrogen) atoms. The monoisotopic (exact) mass is 576 g/mol. The number of hydrazone groups is 1. The Labute approximate surface area is 220 Å². The molecule has 2 aromatic carbocycles. The molecule has 1 amide bonds. The Morgan fingerprint density at radius 3 is 2.60 bits per heavy atom. The number of thioether (sulfide) groups is 1. The standard InChI is InChI=1S/C24H22BrClN4O4S/c1-3-20-29-30-22(27)17(23(31)28-24(30)35-20)11-14-12-18(26)21(19(13-14)32-4-2)34-10-9-33-16-7-5-15(25)6-8-16/h5-8,11-13,27H,3-4,9-10H2,1-2H3/b17-11+,27-22?. The van der Waals surface area contributed by atoms with Crippen molar-refractivity contribution in [3.63, 3.8) is 0 Å². The molecular weight excluding hydrogens is 556 g/mol. The number of fused-ring (bicyclic) bond motifs is 1. The van der Waals surface area contributed by atoms with Crippen molar-refractivity contribution < 1.29 is 19.0 Å². The molecule has 0 atom stereocenters. The molecule has 0 aliphatic carbocycles. The predicted molar refractivity (Wildman–Crippen MR) is 143 cm³/mol. The highest BCUT2D eigenvalue weighted by Crippen LogP contribution is 2.38. The third kappa shape index (κ3) is 5.88. The van der Waals surface area contributed by atoms with Crippen molar-refractivity contribution in [1.29, 1.82) is 5.41 Å². The summed E-state index contributed by atoms with van der Waals surface area (Å²) in [7, 11) is 0. The lowest BCUT2D eigenvalue weighted by Gasteiger charge is -2.20. The minimum Gasteiger partial charge on any atom is -0.490 e. The Hall–Kier alpha value is -2.82. The number of halogens is 2. The van der Waals surface area contributed by atoms with Crippen molar-refractivity contribution in [1.82, 2.24) is 5.01 Å². The average molecular weight is 578 g/mol. The number of benzene rings is 2. The first-order valence-electron chi connectivity index (χ1n) is 10.9. The molecule has 0 unspecified atom stereocenters. The first-order chi connectivity index (χ1) is 16.9. The lowest BCUT2D eigenvalue weighted by Crippen LogP contribution is -2.35. The highest BCUT2D eigenvalue weighted by Gasteiger charge is 2.35. The normalized spacial score (nSPS) is 16.2. The van der Waals surface area contributed by atoms with E-state index in [-0.39, 0.29) is 18.0 Å². The molecular formula is C24H22BrClN4O4S. The van der Waals surface area contributed by atoms with Gasteiger partial charge in [-0.2, -0.15) is 15.1 Å². The van der Waals surface area contributed by atoms with Gasteiger partial charge < -0.3 is 14.2 Å². The molecule has 2 aromatic rings. The van der Waals surface area contributed by atoms with Gasteiger partial charge in [-0.15, -0.1) is 0 Å². The Morgan fingerprint density at radius 2 is 1.89 bits per heavy atom. The van der Waals surface area contributed by atoms with Crippen LogP contribution in [0.4, 0.5) is 0 Å². The van der Waals surface area contributed by atoms with Gasteiger partial charge in [0.1, 0.15) is 24.0 Å². The highest BCUT2D eigenvalue weighted by molar-refractivity contribution is 9.10. The summed E-state index contributed by atoms with van der Waals surface area (Å²) in [5.41, 5.74) is 0.695. The topological polar surface area (TPSA) is 96.6 Å². The first kappa shape index (κ1) is 25.3. The summed E-state index contributed by atoms with van der Waals surface area (Å²) in [5, 5.41) is 15.7. The third-order valence-electron chi connectivity index (χ3n) is 4.85. The van der Waals surface area contributed by atoms with Gasteiger partial charge in [0.15, 0.2) is 17.3 Å². The van der Waals surface area contributed by atoms with Gasteiger partial charge in [0.2, 0.25) is 5.17 Å². The van der Waals surface area contributed by atoms with Crippen molar-refractivity contribution in [2.75, 3.05) is 19.8 Å². The van der Waals surface area contributed by atoms with Gasteiger partial charge in [-0.3, -0.25) is 10.2 Å². The average Bonchev–Trinajstić information content (AvgIpc) is 3.25. The maximum Gasteiger partial charge on any atom is 0.283 e. The van der Waals surface area contributed by atoms with Crippen LogP contribution in [-0.2, 0) is 4.79 Å². The number of amides is 1. The molecule has 0 radical (unpaired) electrons. The van der Waals surface area contributed by atoms with Gasteiger partial charge in [-0.05, 0) is 73.1 Å². The van der Waals surface area contributed by atoms with Crippen molar-refractivity contribution in [2.45, 2.75) is 20.3 Å². The molecule has 4 rings (SSSR count). The number of nitrogens with zero attached hydrogens (tertiary/aromatic N) is 3. The number of carbonyl (C=O) groups excluding carboxylic acids is 1. The maximum absolute atomic E-state index is 12.6. The molecule has 1 N–H and O–H groups in total. The molecule has 0 aromatic heterocycles. The Bertz CT molecular complexity index is 1250. The van der Waals surface area contributed by atoms with E-state index in [1.165, 1.54) is 16.8 Å². The zero-order chi connectivity index (χ0) is 24.9. The molecule has 2 heterocycles. The van der Waals surface area contributed by atoms with E-state index in [4.69, 9.17) is 31.2 Å². The molecule has 0 fully saturated rings. The molecule has 2 aliphatic rings. The number of hydrogen-bond acceptors (Lipinski definition) is 7. The molecule has 0 saturated heterocycles. The van der Waals surface area contributed by atoms with Crippen LogP contribution in [0.5, 0.6) is 17.2 Å². The molecule has 11 heteroatoms. The number of hydrogen-bond donors (Lipinski definition) is 1. The summed E-state index contributed by atoms with van der Waals surface area (Å²) in [4.78, 5) is 16.7. The van der Waals surface area contributed by atoms with Crippen LogP contribution in [0, 0.1) is 5.41 Å². The van der Waals surface area contributed by atoms with Gasteiger partial charge in [-0.1, -0.05) is 34.5 Å².